The van der Waals surface area contributed by atoms with Crippen molar-refractivity contribution in [3.8, 4) is 0 Å². The number of hydrogen-bond donors (Lipinski definition) is 1. The third kappa shape index (κ3) is 1.76. The van der Waals surface area contributed by atoms with Crippen molar-refractivity contribution in [2.75, 3.05) is 30.1 Å². The predicted molar refractivity (Wildman–Crippen MR) is 64.5 cm³/mol. The Labute approximate surface area is 102 Å². The lowest BCUT2D eigenvalue weighted by molar-refractivity contribution is 0.0849. The van der Waals surface area contributed by atoms with Crippen LogP contribution in [-0.2, 0) is 4.74 Å². The van der Waals surface area contributed by atoms with E-state index in [1.807, 2.05) is 0 Å². The molecule has 1 aromatic rings. The second-order valence-corrected chi connectivity index (χ2v) is 4.83. The number of nitrogens with one attached hydrogen (secondary N) is 1. The Morgan fingerprint density at radius 1 is 1.44 bits per heavy atom. The average Bonchev–Trinajstić information content (AvgIpc) is 2.73. The van der Waals surface area contributed by atoms with Gasteiger partial charge in [-0.1, -0.05) is 0 Å². The number of nitrogens with zero attached hydrogens (tertiary/aromatic N) is 3. The second kappa shape index (κ2) is 4.18. The van der Waals surface area contributed by atoms with Gasteiger partial charge in [-0.3, -0.25) is 0 Å². The molecule has 0 bridgehead atoms. The van der Waals surface area contributed by atoms with Crippen LogP contribution < -0.4 is 10.2 Å². The molecule has 0 radical (unpaired) electrons. The van der Waals surface area contributed by atoms with Crippen molar-refractivity contribution >= 4 is 27.6 Å². The van der Waals surface area contributed by atoms with E-state index in [4.69, 9.17) is 4.74 Å². The Kier molecular flexibility index (Phi) is 2.69. The number of fused-ring (bicyclic) bond motifs is 1. The van der Waals surface area contributed by atoms with Crippen LogP contribution in [0.2, 0.25) is 0 Å². The quantitative estimate of drug-likeness (QED) is 0.849. The van der Waals surface area contributed by atoms with Gasteiger partial charge in [0.2, 0.25) is 0 Å². The number of aromatic nitrogens is 2. The van der Waals surface area contributed by atoms with Crippen LogP contribution in [0.25, 0.3) is 0 Å². The smallest absolute Gasteiger partial charge is 0.174 e. The zero-order valence-corrected chi connectivity index (χ0v) is 10.4. The summed E-state index contributed by atoms with van der Waals surface area (Å²) < 4.78 is 6.16. The van der Waals surface area contributed by atoms with Gasteiger partial charge in [-0.25, -0.2) is 9.97 Å². The molecule has 2 aliphatic rings. The van der Waals surface area contributed by atoms with Crippen molar-refractivity contribution in [1.29, 1.82) is 0 Å². The molecule has 0 atom stereocenters. The number of ether oxygens (including phenoxy) is 1. The van der Waals surface area contributed by atoms with E-state index in [9.17, 15) is 0 Å². The maximum absolute atomic E-state index is 5.38. The number of rotatable bonds is 1. The molecule has 3 rings (SSSR count). The van der Waals surface area contributed by atoms with E-state index in [-0.39, 0.29) is 0 Å². The van der Waals surface area contributed by atoms with E-state index < -0.39 is 0 Å². The molecule has 1 fully saturated rings. The van der Waals surface area contributed by atoms with Gasteiger partial charge in [0.25, 0.3) is 0 Å². The van der Waals surface area contributed by atoms with Gasteiger partial charge in [0.1, 0.15) is 4.60 Å². The van der Waals surface area contributed by atoms with E-state index in [0.717, 1.165) is 49.0 Å². The molecule has 0 saturated carbocycles. The first-order chi connectivity index (χ1) is 7.84. The fourth-order valence-electron chi connectivity index (χ4n) is 2.22. The van der Waals surface area contributed by atoms with Gasteiger partial charge in [-0.2, -0.15) is 0 Å². The maximum Gasteiger partial charge on any atom is 0.174 e. The summed E-state index contributed by atoms with van der Waals surface area (Å²) in [7, 11) is 0. The molecule has 0 spiro atoms. The Morgan fingerprint density at radius 2 is 2.25 bits per heavy atom. The van der Waals surface area contributed by atoms with Gasteiger partial charge in [0.05, 0.1) is 12.9 Å². The standard InChI is InChI=1S/C10H13BrN4O/c11-8-5-12-9-10(14-8)15(6-13-9)7-1-3-16-4-2-7/h5,7H,1-4,6H2,(H,12,13). The molecule has 1 N–H and O–H groups in total. The van der Waals surface area contributed by atoms with Gasteiger partial charge in [-0.05, 0) is 28.8 Å². The van der Waals surface area contributed by atoms with E-state index in [1.165, 1.54) is 0 Å². The van der Waals surface area contributed by atoms with Crippen LogP contribution in [0.15, 0.2) is 10.8 Å². The molecule has 2 aliphatic heterocycles. The van der Waals surface area contributed by atoms with Crippen LogP contribution >= 0.6 is 15.9 Å². The fraction of sp³-hybridized carbons (Fsp3) is 0.600. The summed E-state index contributed by atoms with van der Waals surface area (Å²) in [6, 6.07) is 0.520. The minimum absolute atomic E-state index is 0.520. The van der Waals surface area contributed by atoms with Crippen LogP contribution in [0.3, 0.4) is 0 Å². The number of hydrogen-bond acceptors (Lipinski definition) is 5. The molecule has 6 heteroatoms. The van der Waals surface area contributed by atoms with E-state index in [2.05, 4.69) is 36.1 Å². The highest BCUT2D eigenvalue weighted by Gasteiger charge is 2.29. The molecule has 86 valence electrons. The van der Waals surface area contributed by atoms with Crippen molar-refractivity contribution < 1.29 is 4.74 Å². The highest BCUT2D eigenvalue weighted by molar-refractivity contribution is 9.10. The topological polar surface area (TPSA) is 50.3 Å². The Balaban J connectivity index is 1.86. The van der Waals surface area contributed by atoms with Crippen LogP contribution in [0.1, 0.15) is 12.8 Å². The summed E-state index contributed by atoms with van der Waals surface area (Å²) in [6.07, 6.45) is 3.85. The zero-order valence-electron chi connectivity index (χ0n) is 8.82. The monoisotopic (exact) mass is 284 g/mol. The van der Waals surface area contributed by atoms with Crippen molar-refractivity contribution in [1.82, 2.24) is 9.97 Å². The van der Waals surface area contributed by atoms with Crippen molar-refractivity contribution in [3.05, 3.63) is 10.8 Å². The Hall–Kier alpha value is -0.880. The van der Waals surface area contributed by atoms with Gasteiger partial charge >= 0.3 is 0 Å². The van der Waals surface area contributed by atoms with E-state index in [1.54, 1.807) is 6.20 Å². The zero-order chi connectivity index (χ0) is 11.0. The Bertz CT molecular complexity index is 394. The lowest BCUT2D eigenvalue weighted by Gasteiger charge is -2.31. The molecular formula is C10H13BrN4O. The van der Waals surface area contributed by atoms with Gasteiger partial charge in [0.15, 0.2) is 11.6 Å². The molecule has 1 aromatic heterocycles. The molecule has 1 saturated heterocycles. The molecular weight excluding hydrogens is 272 g/mol. The molecule has 0 aliphatic carbocycles. The average molecular weight is 285 g/mol. The number of halogens is 1. The van der Waals surface area contributed by atoms with Crippen molar-refractivity contribution in [2.45, 2.75) is 18.9 Å². The molecule has 0 aromatic carbocycles. The van der Waals surface area contributed by atoms with Gasteiger partial charge < -0.3 is 15.0 Å². The third-order valence-corrected chi connectivity index (χ3v) is 3.43. The highest BCUT2D eigenvalue weighted by Crippen LogP contribution is 2.32. The normalized spacial score (nSPS) is 20.7. The highest BCUT2D eigenvalue weighted by atomic mass is 79.9. The molecule has 5 nitrogen and oxygen atoms in total. The van der Waals surface area contributed by atoms with Crippen molar-refractivity contribution in [3.63, 3.8) is 0 Å². The lowest BCUT2D eigenvalue weighted by Crippen LogP contribution is -2.39. The summed E-state index contributed by atoms with van der Waals surface area (Å²) >= 11 is 3.36. The largest absolute Gasteiger partial charge is 0.381 e. The SMILES string of the molecule is Brc1cnc2c(n1)N(C1CCOCC1)CN2. The van der Waals surface area contributed by atoms with Crippen LogP contribution in [0.5, 0.6) is 0 Å². The number of anilines is 2. The summed E-state index contributed by atoms with van der Waals surface area (Å²) in [5, 5.41) is 3.27. The van der Waals surface area contributed by atoms with E-state index >= 15 is 0 Å². The summed E-state index contributed by atoms with van der Waals surface area (Å²) in [4.78, 5) is 11.1. The van der Waals surface area contributed by atoms with Crippen LogP contribution in [-0.4, -0.2) is 35.9 Å². The first kappa shape index (κ1) is 10.3. The molecule has 16 heavy (non-hydrogen) atoms. The molecule has 0 amide bonds. The molecule has 3 heterocycles. The van der Waals surface area contributed by atoms with Crippen molar-refractivity contribution in [2.24, 2.45) is 0 Å². The predicted octanol–water partition coefficient (Wildman–Crippen LogP) is 1.61. The third-order valence-electron chi connectivity index (χ3n) is 3.05. The minimum Gasteiger partial charge on any atom is -0.381 e. The lowest BCUT2D eigenvalue weighted by atomic mass is 10.1. The summed E-state index contributed by atoms with van der Waals surface area (Å²) in [5.74, 6) is 1.84. The van der Waals surface area contributed by atoms with E-state index in [0.29, 0.717) is 6.04 Å². The summed E-state index contributed by atoms with van der Waals surface area (Å²) in [6.45, 7) is 2.49. The van der Waals surface area contributed by atoms with Gasteiger partial charge in [-0.15, -0.1) is 0 Å². The summed E-state index contributed by atoms with van der Waals surface area (Å²) in [5.41, 5.74) is 0. The van der Waals surface area contributed by atoms with Crippen LogP contribution in [0.4, 0.5) is 11.6 Å². The second-order valence-electron chi connectivity index (χ2n) is 4.01. The Morgan fingerprint density at radius 3 is 3.06 bits per heavy atom. The first-order valence-corrected chi connectivity index (χ1v) is 6.25. The van der Waals surface area contributed by atoms with Gasteiger partial charge in [0, 0.05) is 19.3 Å². The van der Waals surface area contributed by atoms with Crippen LogP contribution in [0, 0.1) is 0 Å². The fourth-order valence-corrected chi connectivity index (χ4v) is 2.49. The minimum atomic E-state index is 0.520. The first-order valence-electron chi connectivity index (χ1n) is 5.45. The molecule has 0 unspecified atom stereocenters. The maximum atomic E-state index is 5.38.